The zero-order chi connectivity index (χ0) is 17.8. The number of hydrogen-bond donors (Lipinski definition) is 1. The molecular weight excluding hydrogens is 359 g/mol. The maximum Gasteiger partial charge on any atom is 0.251 e. The van der Waals surface area contributed by atoms with Crippen LogP contribution in [0.4, 0.5) is 0 Å². The zero-order valence-electron chi connectivity index (χ0n) is 14.2. The molecule has 0 radical (unpaired) electrons. The van der Waals surface area contributed by atoms with Gasteiger partial charge in [0.25, 0.3) is 5.91 Å². The van der Waals surface area contributed by atoms with E-state index < -0.39 is 0 Å². The largest absolute Gasteiger partial charge is 0.468 e. The standard InChI is InChI=1S/C19H22Cl2N2O2/c1-13-6-8-23(9-7-13)17(18-3-2-10-25-18)12-22-19(24)14-4-5-15(20)16(21)11-14/h2-5,10-11,13,17H,6-9,12H2,1H3,(H,22,24). The number of halogens is 2. The van der Waals surface area contributed by atoms with Crippen molar-refractivity contribution >= 4 is 29.1 Å². The van der Waals surface area contributed by atoms with E-state index in [9.17, 15) is 4.79 Å². The van der Waals surface area contributed by atoms with Crippen molar-refractivity contribution in [1.82, 2.24) is 10.2 Å². The highest BCUT2D eigenvalue weighted by Crippen LogP contribution is 2.27. The number of likely N-dealkylation sites (tertiary alicyclic amines) is 1. The smallest absolute Gasteiger partial charge is 0.251 e. The number of carbonyl (C=O) groups excluding carboxylic acids is 1. The third-order valence-electron chi connectivity index (χ3n) is 4.77. The van der Waals surface area contributed by atoms with Crippen molar-refractivity contribution in [2.75, 3.05) is 19.6 Å². The summed E-state index contributed by atoms with van der Waals surface area (Å²) in [6.45, 7) is 4.79. The van der Waals surface area contributed by atoms with Crippen LogP contribution in [0, 0.1) is 5.92 Å². The molecule has 1 saturated heterocycles. The fraction of sp³-hybridized carbons (Fsp3) is 0.421. The number of hydrogen-bond acceptors (Lipinski definition) is 3. The van der Waals surface area contributed by atoms with Gasteiger partial charge < -0.3 is 9.73 Å². The van der Waals surface area contributed by atoms with Crippen molar-refractivity contribution in [1.29, 1.82) is 0 Å². The molecule has 1 aliphatic heterocycles. The molecule has 1 aromatic heterocycles. The maximum absolute atomic E-state index is 12.5. The van der Waals surface area contributed by atoms with E-state index in [2.05, 4.69) is 17.1 Å². The first kappa shape index (κ1) is 18.3. The molecular formula is C19H22Cl2N2O2. The molecule has 6 heteroatoms. The van der Waals surface area contributed by atoms with Crippen molar-refractivity contribution in [2.24, 2.45) is 5.92 Å². The lowest BCUT2D eigenvalue weighted by Crippen LogP contribution is -2.41. The van der Waals surface area contributed by atoms with E-state index in [0.717, 1.165) is 37.6 Å². The minimum absolute atomic E-state index is 0.0363. The monoisotopic (exact) mass is 380 g/mol. The normalized spacial score (nSPS) is 17.4. The second-order valence-corrected chi connectivity index (χ2v) is 7.40. The van der Waals surface area contributed by atoms with Gasteiger partial charge in [-0.2, -0.15) is 0 Å². The molecule has 0 saturated carbocycles. The number of carbonyl (C=O) groups is 1. The van der Waals surface area contributed by atoms with Crippen LogP contribution < -0.4 is 5.32 Å². The number of rotatable bonds is 5. The molecule has 1 fully saturated rings. The molecule has 25 heavy (non-hydrogen) atoms. The van der Waals surface area contributed by atoms with E-state index in [4.69, 9.17) is 27.6 Å². The Hall–Kier alpha value is -1.49. The molecule has 0 aliphatic carbocycles. The highest BCUT2D eigenvalue weighted by molar-refractivity contribution is 6.42. The Balaban J connectivity index is 1.68. The zero-order valence-corrected chi connectivity index (χ0v) is 15.7. The third kappa shape index (κ3) is 4.57. The number of nitrogens with one attached hydrogen (secondary N) is 1. The molecule has 0 bridgehead atoms. The predicted octanol–water partition coefficient (Wildman–Crippen LogP) is 4.79. The van der Waals surface area contributed by atoms with Gasteiger partial charge in [-0.05, 0) is 62.2 Å². The van der Waals surface area contributed by atoms with Gasteiger partial charge >= 0.3 is 0 Å². The van der Waals surface area contributed by atoms with Crippen molar-refractivity contribution < 1.29 is 9.21 Å². The van der Waals surface area contributed by atoms with E-state index in [1.807, 2.05) is 12.1 Å². The lowest BCUT2D eigenvalue weighted by Gasteiger charge is -2.35. The number of benzene rings is 1. The Morgan fingerprint density at radius 3 is 2.68 bits per heavy atom. The molecule has 1 aliphatic rings. The van der Waals surface area contributed by atoms with E-state index in [1.165, 1.54) is 0 Å². The summed E-state index contributed by atoms with van der Waals surface area (Å²) in [5.41, 5.74) is 0.500. The topological polar surface area (TPSA) is 45.5 Å². The number of furan rings is 1. The summed E-state index contributed by atoms with van der Waals surface area (Å²) in [6, 6.07) is 8.78. The summed E-state index contributed by atoms with van der Waals surface area (Å²) in [5, 5.41) is 3.82. The average molecular weight is 381 g/mol. The van der Waals surface area contributed by atoms with Crippen LogP contribution in [0.5, 0.6) is 0 Å². The van der Waals surface area contributed by atoms with Crippen molar-refractivity contribution in [3.8, 4) is 0 Å². The number of nitrogens with zero attached hydrogens (tertiary/aromatic N) is 1. The molecule has 2 aromatic rings. The third-order valence-corrected chi connectivity index (χ3v) is 5.51. The average Bonchev–Trinajstić information content (AvgIpc) is 3.13. The second kappa shape index (κ2) is 8.26. The lowest BCUT2D eigenvalue weighted by molar-refractivity contribution is 0.0895. The number of piperidine rings is 1. The van der Waals surface area contributed by atoms with Crippen LogP contribution in [0.15, 0.2) is 41.0 Å². The summed E-state index contributed by atoms with van der Waals surface area (Å²) < 4.78 is 5.62. The van der Waals surface area contributed by atoms with Gasteiger partial charge in [-0.1, -0.05) is 30.1 Å². The van der Waals surface area contributed by atoms with Gasteiger partial charge in [-0.3, -0.25) is 9.69 Å². The van der Waals surface area contributed by atoms with Crippen molar-refractivity contribution in [3.63, 3.8) is 0 Å². The van der Waals surface area contributed by atoms with Gasteiger partial charge in [0.05, 0.1) is 22.4 Å². The summed E-state index contributed by atoms with van der Waals surface area (Å²) >= 11 is 11.9. The molecule has 0 spiro atoms. The molecule has 1 atom stereocenters. The van der Waals surface area contributed by atoms with Crippen LogP contribution >= 0.6 is 23.2 Å². The van der Waals surface area contributed by atoms with E-state index in [0.29, 0.717) is 22.2 Å². The Kier molecular flexibility index (Phi) is 6.05. The van der Waals surface area contributed by atoms with E-state index in [1.54, 1.807) is 24.5 Å². The molecule has 1 amide bonds. The fourth-order valence-electron chi connectivity index (χ4n) is 3.16. The SMILES string of the molecule is CC1CCN(C(CNC(=O)c2ccc(Cl)c(Cl)c2)c2ccco2)CC1. The van der Waals surface area contributed by atoms with Crippen LogP contribution in [0.2, 0.25) is 10.0 Å². The minimum atomic E-state index is -0.166. The van der Waals surface area contributed by atoms with Crippen LogP contribution in [-0.4, -0.2) is 30.4 Å². The quantitative estimate of drug-likeness (QED) is 0.810. The molecule has 1 unspecified atom stereocenters. The van der Waals surface area contributed by atoms with Gasteiger partial charge in [0.1, 0.15) is 5.76 Å². The minimum Gasteiger partial charge on any atom is -0.468 e. The predicted molar refractivity (Wildman–Crippen MR) is 100 cm³/mol. The van der Waals surface area contributed by atoms with Gasteiger partial charge in [0.15, 0.2) is 0 Å². The molecule has 3 rings (SSSR count). The van der Waals surface area contributed by atoms with Gasteiger partial charge in [-0.25, -0.2) is 0 Å². The van der Waals surface area contributed by atoms with E-state index in [-0.39, 0.29) is 11.9 Å². The van der Waals surface area contributed by atoms with Gasteiger partial charge in [0, 0.05) is 12.1 Å². The molecule has 2 heterocycles. The molecule has 1 aromatic carbocycles. The summed E-state index contributed by atoms with van der Waals surface area (Å²) in [4.78, 5) is 14.8. The Morgan fingerprint density at radius 2 is 2.04 bits per heavy atom. The molecule has 1 N–H and O–H groups in total. The van der Waals surface area contributed by atoms with Crippen molar-refractivity contribution in [2.45, 2.75) is 25.8 Å². The summed E-state index contributed by atoms with van der Waals surface area (Å²) in [5.74, 6) is 1.46. The Morgan fingerprint density at radius 1 is 1.28 bits per heavy atom. The van der Waals surface area contributed by atoms with Crippen molar-refractivity contribution in [3.05, 3.63) is 58.0 Å². The van der Waals surface area contributed by atoms with E-state index >= 15 is 0 Å². The van der Waals surface area contributed by atoms with Crippen LogP contribution in [0.3, 0.4) is 0 Å². The fourth-order valence-corrected chi connectivity index (χ4v) is 3.46. The number of amides is 1. The highest BCUT2D eigenvalue weighted by Gasteiger charge is 2.27. The lowest BCUT2D eigenvalue weighted by atomic mass is 9.97. The van der Waals surface area contributed by atoms with Crippen LogP contribution in [-0.2, 0) is 0 Å². The van der Waals surface area contributed by atoms with Gasteiger partial charge in [0.2, 0.25) is 0 Å². The molecule has 134 valence electrons. The Bertz CT molecular complexity index is 710. The first-order valence-electron chi connectivity index (χ1n) is 8.55. The molecule has 4 nitrogen and oxygen atoms in total. The van der Waals surface area contributed by atoms with Crippen LogP contribution in [0.1, 0.15) is 41.9 Å². The highest BCUT2D eigenvalue weighted by atomic mass is 35.5. The van der Waals surface area contributed by atoms with Gasteiger partial charge in [-0.15, -0.1) is 0 Å². The second-order valence-electron chi connectivity index (χ2n) is 6.59. The Labute approximate surface area is 158 Å². The first-order chi connectivity index (χ1) is 12.0. The maximum atomic E-state index is 12.5. The summed E-state index contributed by atoms with van der Waals surface area (Å²) in [6.07, 6.45) is 4.01. The summed E-state index contributed by atoms with van der Waals surface area (Å²) in [7, 11) is 0. The van der Waals surface area contributed by atoms with Crippen LogP contribution in [0.25, 0.3) is 0 Å². The first-order valence-corrected chi connectivity index (χ1v) is 9.31.